The highest BCUT2D eigenvalue weighted by atomic mass is 35.5. The minimum Gasteiger partial charge on any atom is -0.302 e. The molecule has 0 aliphatic rings. The average molecular weight is 206 g/mol. The molecule has 0 aliphatic carbocycles. The number of nitriles is 1. The van der Waals surface area contributed by atoms with E-state index >= 15 is 0 Å². The summed E-state index contributed by atoms with van der Waals surface area (Å²) in [5, 5.41) is 9.29. The Labute approximate surface area is 86.6 Å². The Morgan fingerprint density at radius 3 is 2.86 bits per heavy atom. The summed E-state index contributed by atoms with van der Waals surface area (Å²) >= 11 is 5.99. The Morgan fingerprint density at radius 1 is 1.50 bits per heavy atom. The van der Waals surface area contributed by atoms with Gasteiger partial charge in [-0.2, -0.15) is 5.26 Å². The van der Waals surface area contributed by atoms with Gasteiger partial charge in [0.25, 0.3) is 0 Å². The highest BCUT2D eigenvalue weighted by Gasteiger charge is 2.08. The standard InChI is InChI=1S/C10H8ClN3/c1-6-7(2)14-5-8(4-12)3-9(11)10(14)13-6/h3,5H,1-2H3. The van der Waals surface area contributed by atoms with Crippen LogP contribution in [0.1, 0.15) is 17.0 Å². The van der Waals surface area contributed by atoms with E-state index in [1.165, 1.54) is 0 Å². The van der Waals surface area contributed by atoms with Crippen molar-refractivity contribution in [2.24, 2.45) is 0 Å². The van der Waals surface area contributed by atoms with Gasteiger partial charge in [0, 0.05) is 11.9 Å². The Morgan fingerprint density at radius 2 is 2.21 bits per heavy atom. The normalized spacial score (nSPS) is 10.4. The van der Waals surface area contributed by atoms with Crippen LogP contribution in [0.15, 0.2) is 12.3 Å². The first-order valence-corrected chi connectivity index (χ1v) is 4.56. The average Bonchev–Trinajstić information content (AvgIpc) is 2.45. The molecular formula is C10H8ClN3. The van der Waals surface area contributed by atoms with Crippen LogP contribution in [-0.2, 0) is 0 Å². The van der Waals surface area contributed by atoms with Gasteiger partial charge in [-0.3, -0.25) is 0 Å². The maximum Gasteiger partial charge on any atom is 0.156 e. The van der Waals surface area contributed by atoms with Gasteiger partial charge in [-0.15, -0.1) is 0 Å². The van der Waals surface area contributed by atoms with E-state index in [0.29, 0.717) is 16.2 Å². The first kappa shape index (κ1) is 9.04. The third kappa shape index (κ3) is 1.16. The smallest absolute Gasteiger partial charge is 0.156 e. The lowest BCUT2D eigenvalue weighted by molar-refractivity contribution is 1.09. The highest BCUT2D eigenvalue weighted by Crippen LogP contribution is 2.20. The minimum atomic E-state index is 0.514. The molecule has 2 heterocycles. The van der Waals surface area contributed by atoms with E-state index in [1.807, 2.05) is 18.2 Å². The van der Waals surface area contributed by atoms with Crippen molar-refractivity contribution in [3.63, 3.8) is 0 Å². The number of aryl methyl sites for hydroxylation is 2. The number of hydrogen-bond acceptors (Lipinski definition) is 2. The lowest BCUT2D eigenvalue weighted by atomic mass is 10.3. The van der Waals surface area contributed by atoms with Crippen LogP contribution in [0.4, 0.5) is 0 Å². The second kappa shape index (κ2) is 3.00. The Bertz CT molecular complexity index is 548. The predicted molar refractivity (Wildman–Crippen MR) is 54.4 cm³/mol. The van der Waals surface area contributed by atoms with E-state index < -0.39 is 0 Å². The molecule has 0 bridgehead atoms. The van der Waals surface area contributed by atoms with Gasteiger partial charge in [-0.25, -0.2) is 4.98 Å². The summed E-state index contributed by atoms with van der Waals surface area (Å²) in [6, 6.07) is 3.69. The summed E-state index contributed by atoms with van der Waals surface area (Å²) in [4.78, 5) is 4.31. The van der Waals surface area contributed by atoms with Gasteiger partial charge in [0.15, 0.2) is 5.65 Å². The van der Waals surface area contributed by atoms with Crippen LogP contribution in [0.2, 0.25) is 5.02 Å². The molecule has 0 saturated heterocycles. The van der Waals surface area contributed by atoms with Crippen LogP contribution in [0.5, 0.6) is 0 Å². The molecule has 4 heteroatoms. The highest BCUT2D eigenvalue weighted by molar-refractivity contribution is 6.33. The molecule has 3 nitrogen and oxygen atoms in total. The third-order valence-corrected chi connectivity index (χ3v) is 2.56. The fourth-order valence-corrected chi connectivity index (χ4v) is 1.64. The summed E-state index contributed by atoms with van der Waals surface area (Å²) in [5.41, 5.74) is 3.20. The quantitative estimate of drug-likeness (QED) is 0.663. The second-order valence-corrected chi connectivity index (χ2v) is 3.57. The first-order valence-electron chi connectivity index (χ1n) is 4.18. The summed E-state index contributed by atoms with van der Waals surface area (Å²) < 4.78 is 1.84. The van der Waals surface area contributed by atoms with Crippen LogP contribution in [0.25, 0.3) is 5.65 Å². The molecule has 14 heavy (non-hydrogen) atoms. The Kier molecular flexibility index (Phi) is 1.94. The van der Waals surface area contributed by atoms with E-state index in [-0.39, 0.29) is 0 Å². The monoisotopic (exact) mass is 205 g/mol. The molecule has 2 rings (SSSR count). The molecule has 0 saturated carbocycles. The number of imidazole rings is 1. The van der Waals surface area contributed by atoms with Crippen molar-refractivity contribution in [3.05, 3.63) is 34.2 Å². The van der Waals surface area contributed by atoms with Gasteiger partial charge in [0.2, 0.25) is 0 Å². The van der Waals surface area contributed by atoms with E-state index in [2.05, 4.69) is 11.1 Å². The topological polar surface area (TPSA) is 41.1 Å². The SMILES string of the molecule is Cc1nc2c(Cl)cc(C#N)cn2c1C. The van der Waals surface area contributed by atoms with Gasteiger partial charge in [0.05, 0.1) is 16.3 Å². The number of hydrogen-bond donors (Lipinski definition) is 0. The van der Waals surface area contributed by atoms with Gasteiger partial charge in [0.1, 0.15) is 6.07 Å². The van der Waals surface area contributed by atoms with Gasteiger partial charge in [-0.05, 0) is 19.9 Å². The zero-order valence-electron chi connectivity index (χ0n) is 7.87. The Balaban J connectivity index is 2.92. The van der Waals surface area contributed by atoms with Crippen LogP contribution in [0.3, 0.4) is 0 Å². The van der Waals surface area contributed by atoms with Gasteiger partial charge in [-0.1, -0.05) is 11.6 Å². The molecule has 0 aliphatic heterocycles. The molecule has 0 unspecified atom stereocenters. The fourth-order valence-electron chi connectivity index (χ4n) is 1.39. The van der Waals surface area contributed by atoms with Crippen LogP contribution in [0, 0.1) is 25.2 Å². The number of aromatic nitrogens is 2. The lowest BCUT2D eigenvalue weighted by Gasteiger charge is -1.98. The first-order chi connectivity index (χ1) is 6.63. The molecule has 0 aromatic carbocycles. The van der Waals surface area contributed by atoms with Crippen molar-refractivity contribution >= 4 is 17.2 Å². The molecule has 0 N–H and O–H groups in total. The minimum absolute atomic E-state index is 0.514. The van der Waals surface area contributed by atoms with E-state index in [9.17, 15) is 0 Å². The fraction of sp³-hybridized carbons (Fsp3) is 0.200. The number of nitrogens with zero attached hydrogens (tertiary/aromatic N) is 3. The molecular weight excluding hydrogens is 198 g/mol. The Hall–Kier alpha value is -1.53. The largest absolute Gasteiger partial charge is 0.302 e. The van der Waals surface area contributed by atoms with Crippen molar-refractivity contribution in [1.82, 2.24) is 9.38 Å². The predicted octanol–water partition coefficient (Wildman–Crippen LogP) is 2.48. The molecule has 2 aromatic rings. The molecule has 0 radical (unpaired) electrons. The van der Waals surface area contributed by atoms with Crippen molar-refractivity contribution in [1.29, 1.82) is 5.26 Å². The van der Waals surface area contributed by atoms with Crippen LogP contribution >= 0.6 is 11.6 Å². The van der Waals surface area contributed by atoms with Crippen molar-refractivity contribution < 1.29 is 0 Å². The number of pyridine rings is 1. The summed E-state index contributed by atoms with van der Waals surface area (Å²) in [6.45, 7) is 3.87. The van der Waals surface area contributed by atoms with E-state index in [4.69, 9.17) is 16.9 Å². The van der Waals surface area contributed by atoms with Crippen LogP contribution in [-0.4, -0.2) is 9.38 Å². The van der Waals surface area contributed by atoms with Gasteiger partial charge < -0.3 is 4.40 Å². The molecule has 0 amide bonds. The van der Waals surface area contributed by atoms with E-state index in [1.54, 1.807) is 12.3 Å². The number of fused-ring (bicyclic) bond motifs is 1. The summed E-state index contributed by atoms with van der Waals surface area (Å²) in [7, 11) is 0. The maximum atomic E-state index is 8.78. The second-order valence-electron chi connectivity index (χ2n) is 3.16. The summed E-state index contributed by atoms with van der Waals surface area (Å²) in [5.74, 6) is 0. The van der Waals surface area contributed by atoms with E-state index in [0.717, 1.165) is 11.4 Å². The number of rotatable bonds is 0. The molecule has 2 aromatic heterocycles. The van der Waals surface area contributed by atoms with Gasteiger partial charge >= 0.3 is 0 Å². The summed E-state index contributed by atoms with van der Waals surface area (Å²) in [6.07, 6.45) is 1.75. The van der Waals surface area contributed by atoms with Crippen molar-refractivity contribution in [3.8, 4) is 6.07 Å². The van der Waals surface area contributed by atoms with Crippen LogP contribution < -0.4 is 0 Å². The maximum absolute atomic E-state index is 8.78. The molecule has 0 fully saturated rings. The zero-order valence-corrected chi connectivity index (χ0v) is 8.63. The molecule has 70 valence electrons. The number of halogens is 1. The van der Waals surface area contributed by atoms with Crippen molar-refractivity contribution in [2.75, 3.05) is 0 Å². The molecule has 0 atom stereocenters. The molecule has 0 spiro atoms. The third-order valence-electron chi connectivity index (χ3n) is 2.28. The van der Waals surface area contributed by atoms with Crippen molar-refractivity contribution in [2.45, 2.75) is 13.8 Å². The zero-order chi connectivity index (χ0) is 10.3. The lowest BCUT2D eigenvalue weighted by Crippen LogP contribution is -1.90.